The second-order valence-electron chi connectivity index (χ2n) is 7.37. The Balaban J connectivity index is 1.41. The zero-order valence-electron chi connectivity index (χ0n) is 14.9. The van der Waals surface area contributed by atoms with Crippen LogP contribution in [-0.4, -0.2) is 24.8 Å². The number of rotatable bonds is 4. The smallest absolute Gasteiger partial charge is 0.411 e. The fourth-order valence-electron chi connectivity index (χ4n) is 4.19. The van der Waals surface area contributed by atoms with Gasteiger partial charge in [0.1, 0.15) is 0 Å². The molecule has 27 heavy (non-hydrogen) atoms. The molecule has 0 aromatic heterocycles. The van der Waals surface area contributed by atoms with Crippen LogP contribution in [-0.2, 0) is 4.74 Å². The lowest BCUT2D eigenvalue weighted by atomic mass is 9.93. The van der Waals surface area contributed by atoms with E-state index < -0.39 is 6.09 Å². The molecular formula is C21H22Cl2N2O2. The number of carbonyl (C=O) groups is 1. The third-order valence-corrected chi connectivity index (χ3v) is 5.95. The molecule has 0 spiro atoms. The number of nitrogens with one attached hydrogen (secondary N) is 2. The van der Waals surface area contributed by atoms with Gasteiger partial charge in [-0.05, 0) is 49.8 Å². The summed E-state index contributed by atoms with van der Waals surface area (Å²) in [5, 5.41) is 7.58. The third-order valence-electron chi connectivity index (χ3n) is 5.41. The van der Waals surface area contributed by atoms with Crippen molar-refractivity contribution in [2.24, 2.45) is 5.92 Å². The summed E-state index contributed by atoms with van der Waals surface area (Å²) in [7, 11) is 0. The van der Waals surface area contributed by atoms with Crippen LogP contribution in [0.4, 0.5) is 10.5 Å². The first-order chi connectivity index (χ1) is 13.1. The minimum atomic E-state index is -0.432. The first kappa shape index (κ1) is 18.6. The first-order valence-corrected chi connectivity index (χ1v) is 10.1. The predicted octanol–water partition coefficient (Wildman–Crippen LogP) is 5.74. The second kappa shape index (κ2) is 8.09. The molecule has 2 aliphatic rings. The normalized spacial score (nSPS) is 23.9. The Bertz CT molecular complexity index is 831. The second-order valence-corrected chi connectivity index (χ2v) is 8.21. The van der Waals surface area contributed by atoms with Crippen molar-refractivity contribution in [3.8, 4) is 11.1 Å². The van der Waals surface area contributed by atoms with Crippen LogP contribution in [0.15, 0.2) is 42.5 Å². The lowest BCUT2D eigenvalue weighted by molar-refractivity contribution is 0.122. The molecule has 2 aromatic carbocycles. The van der Waals surface area contributed by atoms with Crippen LogP contribution in [0, 0.1) is 5.92 Å². The molecule has 2 heterocycles. The van der Waals surface area contributed by atoms with Crippen molar-refractivity contribution in [3.63, 3.8) is 0 Å². The molecule has 2 aliphatic heterocycles. The minimum Gasteiger partial charge on any atom is -0.449 e. The van der Waals surface area contributed by atoms with Crippen molar-refractivity contribution >= 4 is 35.0 Å². The quantitative estimate of drug-likeness (QED) is 0.682. The fourth-order valence-corrected chi connectivity index (χ4v) is 4.70. The monoisotopic (exact) mass is 404 g/mol. The zero-order valence-corrected chi connectivity index (χ0v) is 16.4. The highest BCUT2D eigenvalue weighted by atomic mass is 35.5. The summed E-state index contributed by atoms with van der Waals surface area (Å²) in [5.74, 6) is 0.440. The van der Waals surface area contributed by atoms with Gasteiger partial charge in [0.15, 0.2) is 0 Å². The van der Waals surface area contributed by atoms with E-state index in [0.29, 0.717) is 40.3 Å². The number of piperidine rings is 1. The zero-order chi connectivity index (χ0) is 18.8. The highest BCUT2D eigenvalue weighted by Crippen LogP contribution is 2.35. The van der Waals surface area contributed by atoms with Crippen LogP contribution in [0.3, 0.4) is 0 Å². The van der Waals surface area contributed by atoms with E-state index in [-0.39, 0.29) is 0 Å². The Morgan fingerprint density at radius 3 is 2.56 bits per heavy atom. The average Bonchev–Trinajstić information content (AvgIpc) is 2.99. The van der Waals surface area contributed by atoms with Gasteiger partial charge in [-0.1, -0.05) is 47.5 Å². The lowest BCUT2D eigenvalue weighted by Gasteiger charge is -2.28. The molecule has 2 bridgehead atoms. The first-order valence-electron chi connectivity index (χ1n) is 9.33. The van der Waals surface area contributed by atoms with Crippen LogP contribution in [0.2, 0.25) is 10.0 Å². The van der Waals surface area contributed by atoms with Crippen LogP contribution in [0.5, 0.6) is 0 Å². The molecule has 2 fully saturated rings. The molecule has 4 nitrogen and oxygen atoms in total. The molecule has 142 valence electrons. The molecule has 2 saturated heterocycles. The molecule has 2 unspecified atom stereocenters. The molecule has 0 saturated carbocycles. The van der Waals surface area contributed by atoms with Crippen molar-refractivity contribution in [3.05, 3.63) is 52.5 Å². The van der Waals surface area contributed by atoms with Gasteiger partial charge in [0.05, 0.1) is 12.3 Å². The van der Waals surface area contributed by atoms with E-state index >= 15 is 0 Å². The van der Waals surface area contributed by atoms with Gasteiger partial charge in [-0.2, -0.15) is 0 Å². The summed E-state index contributed by atoms with van der Waals surface area (Å²) < 4.78 is 5.52. The highest BCUT2D eigenvalue weighted by molar-refractivity contribution is 6.36. The van der Waals surface area contributed by atoms with E-state index in [0.717, 1.165) is 24.0 Å². The molecule has 0 radical (unpaired) electrons. The standard InChI is InChI=1S/C21H22Cl2N2O2/c22-14-5-8-17(19(23)11-14)18-3-1-2-4-20(18)25-21(26)27-12-13-9-15-6-7-16(10-13)24-15/h1-5,8,11,13,15-16,24H,6-7,9-10,12H2,(H,25,26). The Morgan fingerprint density at radius 1 is 1.07 bits per heavy atom. The van der Waals surface area contributed by atoms with Crippen LogP contribution < -0.4 is 10.6 Å². The van der Waals surface area contributed by atoms with Gasteiger partial charge in [-0.25, -0.2) is 4.79 Å². The number of anilines is 1. The minimum absolute atomic E-state index is 0.432. The van der Waals surface area contributed by atoms with Crippen molar-refractivity contribution in [1.82, 2.24) is 5.32 Å². The largest absolute Gasteiger partial charge is 0.449 e. The van der Waals surface area contributed by atoms with Crippen LogP contribution >= 0.6 is 23.2 Å². The highest BCUT2D eigenvalue weighted by Gasteiger charge is 2.33. The Labute approximate surface area is 169 Å². The predicted molar refractivity (Wildman–Crippen MR) is 110 cm³/mol. The van der Waals surface area contributed by atoms with E-state index in [2.05, 4.69) is 10.6 Å². The van der Waals surface area contributed by atoms with Crippen molar-refractivity contribution in [1.29, 1.82) is 0 Å². The molecule has 6 heteroatoms. The number of hydrogen-bond acceptors (Lipinski definition) is 3. The maximum atomic E-state index is 12.4. The summed E-state index contributed by atoms with van der Waals surface area (Å²) in [6, 6.07) is 14.0. The van der Waals surface area contributed by atoms with Gasteiger partial charge in [0.2, 0.25) is 0 Å². The third kappa shape index (κ3) is 4.40. The molecule has 2 atom stereocenters. The summed E-state index contributed by atoms with van der Waals surface area (Å²) >= 11 is 12.3. The van der Waals surface area contributed by atoms with E-state index in [9.17, 15) is 4.79 Å². The van der Waals surface area contributed by atoms with Crippen LogP contribution in [0.25, 0.3) is 11.1 Å². The Kier molecular flexibility index (Phi) is 5.58. The number of para-hydroxylation sites is 1. The number of fused-ring (bicyclic) bond motifs is 2. The lowest BCUT2D eigenvalue weighted by Crippen LogP contribution is -2.39. The van der Waals surface area contributed by atoms with E-state index in [1.165, 1.54) is 12.8 Å². The molecule has 4 rings (SSSR count). The SMILES string of the molecule is O=C(Nc1ccccc1-c1ccc(Cl)cc1Cl)OCC1CC2CCC(C1)N2. The Hall–Kier alpha value is -1.75. The van der Waals surface area contributed by atoms with Crippen molar-refractivity contribution < 1.29 is 9.53 Å². The van der Waals surface area contributed by atoms with E-state index in [1.54, 1.807) is 12.1 Å². The number of amides is 1. The molecule has 1 amide bonds. The van der Waals surface area contributed by atoms with E-state index in [4.69, 9.17) is 27.9 Å². The fraction of sp³-hybridized carbons (Fsp3) is 0.381. The molecule has 2 aromatic rings. The average molecular weight is 405 g/mol. The van der Waals surface area contributed by atoms with Gasteiger partial charge in [0, 0.05) is 33.3 Å². The summed E-state index contributed by atoms with van der Waals surface area (Å²) in [5.41, 5.74) is 2.31. The topological polar surface area (TPSA) is 50.4 Å². The molecule has 2 N–H and O–H groups in total. The molecular weight excluding hydrogens is 383 g/mol. The Morgan fingerprint density at radius 2 is 1.81 bits per heavy atom. The number of ether oxygens (including phenoxy) is 1. The molecule has 0 aliphatic carbocycles. The number of carbonyl (C=O) groups excluding carboxylic acids is 1. The van der Waals surface area contributed by atoms with Crippen LogP contribution in [0.1, 0.15) is 25.7 Å². The maximum Gasteiger partial charge on any atom is 0.411 e. The van der Waals surface area contributed by atoms with Gasteiger partial charge in [-0.3, -0.25) is 5.32 Å². The van der Waals surface area contributed by atoms with Gasteiger partial charge in [0.25, 0.3) is 0 Å². The van der Waals surface area contributed by atoms with Crippen molar-refractivity contribution in [2.75, 3.05) is 11.9 Å². The number of benzene rings is 2. The van der Waals surface area contributed by atoms with E-state index in [1.807, 2.05) is 30.3 Å². The summed E-state index contributed by atoms with van der Waals surface area (Å²) in [6.07, 6.45) is 4.21. The van der Waals surface area contributed by atoms with Crippen molar-refractivity contribution in [2.45, 2.75) is 37.8 Å². The van der Waals surface area contributed by atoms with Gasteiger partial charge in [-0.15, -0.1) is 0 Å². The van der Waals surface area contributed by atoms with Gasteiger partial charge >= 0.3 is 6.09 Å². The van der Waals surface area contributed by atoms with Gasteiger partial charge < -0.3 is 10.1 Å². The summed E-state index contributed by atoms with van der Waals surface area (Å²) in [4.78, 5) is 12.4. The summed E-state index contributed by atoms with van der Waals surface area (Å²) in [6.45, 7) is 0.463. The number of halogens is 2. The maximum absolute atomic E-state index is 12.4. The number of hydrogen-bond donors (Lipinski definition) is 2.